The Kier molecular flexibility index (Phi) is 3.29. The smallest absolute Gasteiger partial charge is 0.151 e. The van der Waals surface area contributed by atoms with E-state index in [1.807, 2.05) is 25.1 Å². The lowest BCUT2D eigenvalue weighted by molar-refractivity contribution is 0.601. The standard InChI is InChI=1S/C10H15NO2S/c1-8-5-9(6-11)3-4-10(8)7-14(2,12)13/h3-5H,6-7,11H2,1-2H3. The molecule has 0 fully saturated rings. The molecular formula is C10H15NO2S. The van der Waals surface area contributed by atoms with Gasteiger partial charge in [0.2, 0.25) is 0 Å². The maximum Gasteiger partial charge on any atom is 0.151 e. The van der Waals surface area contributed by atoms with E-state index >= 15 is 0 Å². The Morgan fingerprint density at radius 1 is 1.36 bits per heavy atom. The lowest BCUT2D eigenvalue weighted by Gasteiger charge is -2.06. The molecule has 4 heteroatoms. The van der Waals surface area contributed by atoms with Crippen molar-refractivity contribution in [2.45, 2.75) is 19.2 Å². The number of aryl methyl sites for hydroxylation is 1. The SMILES string of the molecule is Cc1cc(CN)ccc1CS(C)(=O)=O. The first-order valence-corrected chi connectivity index (χ1v) is 6.44. The molecule has 2 N–H and O–H groups in total. The summed E-state index contributed by atoms with van der Waals surface area (Å²) in [5.74, 6) is 0.101. The van der Waals surface area contributed by atoms with Crippen LogP contribution in [-0.2, 0) is 22.1 Å². The number of hydrogen-bond donors (Lipinski definition) is 1. The van der Waals surface area contributed by atoms with Crippen LogP contribution in [0, 0.1) is 6.92 Å². The molecule has 1 rings (SSSR count). The maximum absolute atomic E-state index is 11.1. The minimum atomic E-state index is -2.95. The molecule has 1 aromatic carbocycles. The second-order valence-corrected chi connectivity index (χ2v) is 5.68. The summed E-state index contributed by atoms with van der Waals surface area (Å²) in [6.07, 6.45) is 1.24. The van der Waals surface area contributed by atoms with Crippen molar-refractivity contribution in [1.82, 2.24) is 0 Å². The molecule has 0 spiro atoms. The Balaban J connectivity index is 3.01. The maximum atomic E-state index is 11.1. The van der Waals surface area contributed by atoms with Gasteiger partial charge in [-0.05, 0) is 23.6 Å². The van der Waals surface area contributed by atoms with Crippen LogP contribution in [0.4, 0.5) is 0 Å². The van der Waals surface area contributed by atoms with Crippen molar-refractivity contribution in [3.05, 3.63) is 34.9 Å². The van der Waals surface area contributed by atoms with Crippen LogP contribution < -0.4 is 5.73 Å². The van der Waals surface area contributed by atoms with Gasteiger partial charge in [-0.15, -0.1) is 0 Å². The lowest BCUT2D eigenvalue weighted by atomic mass is 10.1. The highest BCUT2D eigenvalue weighted by atomic mass is 32.2. The summed E-state index contributed by atoms with van der Waals surface area (Å²) in [5.41, 5.74) is 8.34. The summed E-state index contributed by atoms with van der Waals surface area (Å²) < 4.78 is 22.2. The molecule has 78 valence electrons. The zero-order valence-electron chi connectivity index (χ0n) is 8.45. The number of nitrogens with two attached hydrogens (primary N) is 1. The first-order valence-electron chi connectivity index (χ1n) is 4.38. The van der Waals surface area contributed by atoms with E-state index in [4.69, 9.17) is 5.73 Å². The highest BCUT2D eigenvalue weighted by Gasteiger charge is 2.07. The summed E-state index contributed by atoms with van der Waals surface area (Å²) in [4.78, 5) is 0. The van der Waals surface area contributed by atoms with E-state index in [0.29, 0.717) is 6.54 Å². The summed E-state index contributed by atoms with van der Waals surface area (Å²) in [6.45, 7) is 2.39. The fourth-order valence-corrected chi connectivity index (χ4v) is 2.22. The number of benzene rings is 1. The summed E-state index contributed by atoms with van der Waals surface area (Å²) in [5, 5.41) is 0. The van der Waals surface area contributed by atoms with Gasteiger partial charge in [0, 0.05) is 12.8 Å². The van der Waals surface area contributed by atoms with Gasteiger partial charge < -0.3 is 5.73 Å². The van der Waals surface area contributed by atoms with Gasteiger partial charge in [0.25, 0.3) is 0 Å². The van der Waals surface area contributed by atoms with E-state index in [9.17, 15) is 8.42 Å². The monoisotopic (exact) mass is 213 g/mol. The summed E-state index contributed by atoms with van der Waals surface area (Å²) in [7, 11) is -2.95. The van der Waals surface area contributed by atoms with Crippen LogP contribution in [0.2, 0.25) is 0 Å². The van der Waals surface area contributed by atoms with Crippen molar-refractivity contribution in [2.75, 3.05) is 6.26 Å². The predicted molar refractivity (Wildman–Crippen MR) is 57.6 cm³/mol. The topological polar surface area (TPSA) is 60.2 Å². The molecule has 0 saturated heterocycles. The van der Waals surface area contributed by atoms with Crippen LogP contribution in [0.3, 0.4) is 0 Å². The van der Waals surface area contributed by atoms with Gasteiger partial charge in [-0.25, -0.2) is 8.42 Å². The fraction of sp³-hybridized carbons (Fsp3) is 0.400. The quantitative estimate of drug-likeness (QED) is 0.814. The Hall–Kier alpha value is -0.870. The van der Waals surface area contributed by atoms with Gasteiger partial charge in [0.05, 0.1) is 5.75 Å². The molecule has 0 radical (unpaired) electrons. The lowest BCUT2D eigenvalue weighted by Crippen LogP contribution is -2.04. The van der Waals surface area contributed by atoms with Gasteiger partial charge in [-0.1, -0.05) is 18.2 Å². The van der Waals surface area contributed by atoms with Crippen LogP contribution in [-0.4, -0.2) is 14.7 Å². The third kappa shape index (κ3) is 3.12. The average molecular weight is 213 g/mol. The molecule has 0 aliphatic rings. The molecular weight excluding hydrogens is 198 g/mol. The number of hydrogen-bond acceptors (Lipinski definition) is 3. The Bertz CT molecular complexity index is 424. The van der Waals surface area contributed by atoms with E-state index < -0.39 is 9.84 Å². The first-order chi connectivity index (χ1) is 6.42. The van der Waals surface area contributed by atoms with Gasteiger partial charge in [-0.2, -0.15) is 0 Å². The van der Waals surface area contributed by atoms with Crippen LogP contribution in [0.5, 0.6) is 0 Å². The molecule has 0 heterocycles. The third-order valence-corrected chi connectivity index (χ3v) is 2.90. The molecule has 0 atom stereocenters. The zero-order valence-corrected chi connectivity index (χ0v) is 9.26. The number of rotatable bonds is 3. The molecule has 0 aliphatic heterocycles. The summed E-state index contributed by atoms with van der Waals surface area (Å²) >= 11 is 0. The molecule has 14 heavy (non-hydrogen) atoms. The molecule has 1 aromatic rings. The van der Waals surface area contributed by atoms with E-state index in [1.54, 1.807) is 0 Å². The Labute approximate surface area is 84.9 Å². The second-order valence-electron chi connectivity index (χ2n) is 3.54. The minimum Gasteiger partial charge on any atom is -0.326 e. The normalized spacial score (nSPS) is 11.6. The Morgan fingerprint density at radius 3 is 2.43 bits per heavy atom. The van der Waals surface area contributed by atoms with Crippen molar-refractivity contribution in [2.24, 2.45) is 5.73 Å². The van der Waals surface area contributed by atoms with E-state index in [1.165, 1.54) is 6.26 Å². The third-order valence-electron chi connectivity index (χ3n) is 2.06. The fourth-order valence-electron chi connectivity index (χ4n) is 1.33. The van der Waals surface area contributed by atoms with Crippen molar-refractivity contribution < 1.29 is 8.42 Å². The molecule has 0 amide bonds. The minimum absolute atomic E-state index is 0.101. The van der Waals surface area contributed by atoms with E-state index in [2.05, 4.69) is 0 Å². The highest BCUT2D eigenvalue weighted by molar-refractivity contribution is 7.89. The van der Waals surface area contributed by atoms with Gasteiger partial charge >= 0.3 is 0 Å². The van der Waals surface area contributed by atoms with Gasteiger partial charge in [0.1, 0.15) is 0 Å². The van der Waals surface area contributed by atoms with Crippen LogP contribution in [0.25, 0.3) is 0 Å². The Morgan fingerprint density at radius 2 is 2.00 bits per heavy atom. The molecule has 0 saturated carbocycles. The van der Waals surface area contributed by atoms with Crippen molar-refractivity contribution in [3.63, 3.8) is 0 Å². The van der Waals surface area contributed by atoms with Crippen LogP contribution >= 0.6 is 0 Å². The zero-order chi connectivity index (χ0) is 10.8. The summed E-state index contributed by atoms with van der Waals surface area (Å²) in [6, 6.07) is 5.63. The molecule has 0 unspecified atom stereocenters. The van der Waals surface area contributed by atoms with Crippen LogP contribution in [0.1, 0.15) is 16.7 Å². The van der Waals surface area contributed by atoms with Gasteiger partial charge in [0.15, 0.2) is 9.84 Å². The van der Waals surface area contributed by atoms with Crippen molar-refractivity contribution in [3.8, 4) is 0 Å². The predicted octanol–water partition coefficient (Wildman–Crippen LogP) is 0.998. The van der Waals surface area contributed by atoms with E-state index in [0.717, 1.165) is 16.7 Å². The van der Waals surface area contributed by atoms with Crippen molar-refractivity contribution in [1.29, 1.82) is 0 Å². The van der Waals surface area contributed by atoms with Gasteiger partial charge in [-0.3, -0.25) is 0 Å². The molecule has 0 aromatic heterocycles. The van der Waals surface area contributed by atoms with E-state index in [-0.39, 0.29) is 5.75 Å². The number of sulfone groups is 1. The molecule has 0 bridgehead atoms. The van der Waals surface area contributed by atoms with Crippen molar-refractivity contribution >= 4 is 9.84 Å². The largest absolute Gasteiger partial charge is 0.326 e. The average Bonchev–Trinajstić information content (AvgIpc) is 2.06. The second kappa shape index (κ2) is 4.11. The first kappa shape index (κ1) is 11.2. The highest BCUT2D eigenvalue weighted by Crippen LogP contribution is 2.13. The molecule has 0 aliphatic carbocycles. The van der Waals surface area contributed by atoms with Crippen LogP contribution in [0.15, 0.2) is 18.2 Å². The molecule has 3 nitrogen and oxygen atoms in total.